The zero-order valence-corrected chi connectivity index (χ0v) is 16.1. The van der Waals surface area contributed by atoms with Gasteiger partial charge in [-0.3, -0.25) is 0 Å². The molecule has 6 nitrogen and oxygen atoms in total. The number of nitrogens with two attached hydrogens (primary N) is 1. The number of aromatic nitrogens is 3. The van der Waals surface area contributed by atoms with Gasteiger partial charge in [0.1, 0.15) is 18.5 Å². The largest absolute Gasteiger partial charge is 0.399 e. The summed E-state index contributed by atoms with van der Waals surface area (Å²) >= 11 is 3.51. The lowest BCUT2D eigenvalue weighted by atomic mass is 10.2. The third-order valence-corrected chi connectivity index (χ3v) is 4.61. The van der Waals surface area contributed by atoms with Crippen molar-refractivity contribution in [3.05, 3.63) is 28.5 Å². The molecule has 0 saturated carbocycles. The fourth-order valence-corrected chi connectivity index (χ4v) is 3.40. The quantitative estimate of drug-likeness (QED) is 0.362. The fraction of sp³-hybridized carbons (Fsp3) is 0.389. The number of anilines is 1. The second kappa shape index (κ2) is 7.82. The Balaban J connectivity index is 2.11. The maximum absolute atomic E-state index is 6.21. The van der Waals surface area contributed by atoms with Crippen LogP contribution >= 0.6 is 15.9 Å². The van der Waals surface area contributed by atoms with Crippen LogP contribution in [0, 0.1) is 0 Å². The number of hydrogen-bond acceptors (Lipinski definition) is 5. The molecule has 0 spiro atoms. The van der Waals surface area contributed by atoms with Gasteiger partial charge in [0.2, 0.25) is 0 Å². The highest BCUT2D eigenvalue weighted by molar-refractivity contribution is 9.10. The first-order valence-electron chi connectivity index (χ1n) is 8.44. The van der Waals surface area contributed by atoms with Crippen LogP contribution in [-0.2, 0) is 17.8 Å². The van der Waals surface area contributed by atoms with Gasteiger partial charge >= 0.3 is 0 Å². The molecule has 0 unspecified atom stereocenters. The molecule has 3 rings (SSSR count). The molecule has 0 radical (unpaired) electrons. The molecule has 0 aliphatic rings. The van der Waals surface area contributed by atoms with E-state index in [9.17, 15) is 0 Å². The number of aryl methyl sites for hydroxylation is 2. The highest BCUT2D eigenvalue weighted by Gasteiger charge is 2.16. The number of rotatable bonds is 7. The Kier molecular flexibility index (Phi) is 5.53. The van der Waals surface area contributed by atoms with Crippen LogP contribution in [-0.4, -0.2) is 27.9 Å². The van der Waals surface area contributed by atoms with Crippen molar-refractivity contribution < 1.29 is 4.84 Å². The van der Waals surface area contributed by atoms with E-state index < -0.39 is 0 Å². The van der Waals surface area contributed by atoms with Gasteiger partial charge in [-0.25, -0.2) is 9.97 Å². The average molecular weight is 404 g/mol. The van der Waals surface area contributed by atoms with E-state index in [0.29, 0.717) is 5.82 Å². The second-order valence-electron chi connectivity index (χ2n) is 5.90. The molecule has 0 bridgehead atoms. The monoisotopic (exact) mass is 403 g/mol. The van der Waals surface area contributed by atoms with Crippen LogP contribution in [0.25, 0.3) is 21.9 Å². The SMILES string of the molecule is CCCc1nc2c(N)nc3cc(Br)ccc3c2n1CCC/C=N/OC. The van der Waals surface area contributed by atoms with Crippen molar-refractivity contribution >= 4 is 49.9 Å². The Morgan fingerprint density at radius 1 is 1.36 bits per heavy atom. The molecule has 25 heavy (non-hydrogen) atoms. The Labute approximate surface area is 155 Å². The van der Waals surface area contributed by atoms with E-state index in [1.165, 1.54) is 0 Å². The van der Waals surface area contributed by atoms with Gasteiger partial charge < -0.3 is 15.1 Å². The molecule has 7 heteroatoms. The highest BCUT2D eigenvalue weighted by Crippen LogP contribution is 2.31. The molecular formula is C18H22BrN5O. The van der Waals surface area contributed by atoms with Crippen molar-refractivity contribution in [1.29, 1.82) is 0 Å². The van der Waals surface area contributed by atoms with Crippen LogP contribution in [0.4, 0.5) is 5.82 Å². The van der Waals surface area contributed by atoms with Gasteiger partial charge in [0.05, 0.1) is 11.0 Å². The minimum absolute atomic E-state index is 0.484. The number of nitrogens with zero attached hydrogens (tertiary/aromatic N) is 4. The lowest BCUT2D eigenvalue weighted by Gasteiger charge is -2.10. The van der Waals surface area contributed by atoms with E-state index in [0.717, 1.165) is 64.5 Å². The summed E-state index contributed by atoms with van der Waals surface area (Å²) in [6, 6.07) is 6.10. The lowest BCUT2D eigenvalue weighted by molar-refractivity contribution is 0.214. The number of nitrogen functional groups attached to an aromatic ring is 1. The molecule has 0 amide bonds. The van der Waals surface area contributed by atoms with Gasteiger partial charge in [0.15, 0.2) is 5.82 Å². The maximum Gasteiger partial charge on any atom is 0.152 e. The Bertz CT molecular complexity index is 919. The summed E-state index contributed by atoms with van der Waals surface area (Å²) in [5.74, 6) is 1.54. The van der Waals surface area contributed by atoms with Crippen LogP contribution in [0.2, 0.25) is 0 Å². The molecule has 2 N–H and O–H groups in total. The second-order valence-corrected chi connectivity index (χ2v) is 6.81. The maximum atomic E-state index is 6.21. The topological polar surface area (TPSA) is 78.3 Å². The first-order chi connectivity index (χ1) is 12.2. The predicted molar refractivity (Wildman–Crippen MR) is 106 cm³/mol. The van der Waals surface area contributed by atoms with Crippen molar-refractivity contribution in [3.8, 4) is 0 Å². The summed E-state index contributed by atoms with van der Waals surface area (Å²) in [5.41, 5.74) is 8.95. The molecule has 132 valence electrons. The third-order valence-electron chi connectivity index (χ3n) is 4.11. The van der Waals surface area contributed by atoms with Crippen molar-refractivity contribution in [2.24, 2.45) is 5.16 Å². The minimum Gasteiger partial charge on any atom is -0.399 e. The van der Waals surface area contributed by atoms with Crippen LogP contribution in [0.1, 0.15) is 32.0 Å². The molecule has 0 atom stereocenters. The molecule has 3 aromatic rings. The van der Waals surface area contributed by atoms with Crippen molar-refractivity contribution in [2.45, 2.75) is 39.2 Å². The number of imidazole rings is 1. The number of oxime groups is 1. The smallest absolute Gasteiger partial charge is 0.152 e. The summed E-state index contributed by atoms with van der Waals surface area (Å²) in [6.45, 7) is 3.02. The van der Waals surface area contributed by atoms with Gasteiger partial charge in [-0.2, -0.15) is 0 Å². The Morgan fingerprint density at radius 3 is 2.96 bits per heavy atom. The standard InChI is InChI=1S/C18H22BrN5O/c1-3-6-15-23-16-17(24(15)10-5-4-9-21-25-2)13-8-7-12(19)11-14(13)22-18(16)20/h7-9,11H,3-6,10H2,1-2H3,(H2,20,22)/b21-9+. The fourth-order valence-electron chi connectivity index (χ4n) is 3.05. The molecule has 0 saturated heterocycles. The van der Waals surface area contributed by atoms with E-state index >= 15 is 0 Å². The average Bonchev–Trinajstić information content (AvgIpc) is 2.94. The van der Waals surface area contributed by atoms with Crippen LogP contribution in [0.3, 0.4) is 0 Å². The molecular weight excluding hydrogens is 382 g/mol. The zero-order chi connectivity index (χ0) is 17.8. The molecule has 0 fully saturated rings. The summed E-state index contributed by atoms with van der Waals surface area (Å²) in [6.07, 6.45) is 5.55. The lowest BCUT2D eigenvalue weighted by Crippen LogP contribution is -2.05. The Hall–Kier alpha value is -2.15. The number of unbranched alkanes of at least 4 members (excludes halogenated alkanes) is 1. The van der Waals surface area contributed by atoms with Crippen LogP contribution < -0.4 is 5.73 Å². The van der Waals surface area contributed by atoms with Crippen molar-refractivity contribution in [3.63, 3.8) is 0 Å². The molecule has 1 aromatic carbocycles. The number of halogens is 1. The van der Waals surface area contributed by atoms with Gasteiger partial charge in [-0.15, -0.1) is 0 Å². The summed E-state index contributed by atoms with van der Waals surface area (Å²) in [4.78, 5) is 14.0. The number of pyridine rings is 1. The normalized spacial score (nSPS) is 11.8. The van der Waals surface area contributed by atoms with Crippen LogP contribution in [0.15, 0.2) is 27.8 Å². The number of hydrogen-bond donors (Lipinski definition) is 1. The van der Waals surface area contributed by atoms with E-state index in [-0.39, 0.29) is 0 Å². The zero-order valence-electron chi connectivity index (χ0n) is 14.5. The van der Waals surface area contributed by atoms with Gasteiger partial charge in [-0.05, 0) is 37.5 Å². The van der Waals surface area contributed by atoms with Crippen molar-refractivity contribution in [2.75, 3.05) is 12.8 Å². The first kappa shape index (κ1) is 17.7. The predicted octanol–water partition coefficient (Wildman–Crippen LogP) is 4.29. The summed E-state index contributed by atoms with van der Waals surface area (Å²) in [7, 11) is 1.55. The summed E-state index contributed by atoms with van der Waals surface area (Å²) in [5, 5.41) is 4.88. The third kappa shape index (κ3) is 3.61. The molecule has 0 aliphatic heterocycles. The van der Waals surface area contributed by atoms with Gasteiger partial charge in [-0.1, -0.05) is 28.0 Å². The van der Waals surface area contributed by atoms with Crippen LogP contribution in [0.5, 0.6) is 0 Å². The van der Waals surface area contributed by atoms with E-state index in [4.69, 9.17) is 15.6 Å². The van der Waals surface area contributed by atoms with Gasteiger partial charge in [0.25, 0.3) is 0 Å². The minimum atomic E-state index is 0.484. The molecule has 0 aliphatic carbocycles. The first-order valence-corrected chi connectivity index (χ1v) is 9.23. The Morgan fingerprint density at radius 2 is 2.20 bits per heavy atom. The highest BCUT2D eigenvalue weighted by atomic mass is 79.9. The van der Waals surface area contributed by atoms with Gasteiger partial charge in [0, 0.05) is 29.0 Å². The molecule has 2 heterocycles. The number of fused-ring (bicyclic) bond motifs is 3. The van der Waals surface area contributed by atoms with E-state index in [1.807, 2.05) is 12.1 Å². The summed E-state index contributed by atoms with van der Waals surface area (Å²) < 4.78 is 3.27. The van der Waals surface area contributed by atoms with E-state index in [1.54, 1.807) is 13.3 Å². The van der Waals surface area contributed by atoms with E-state index in [2.05, 4.69) is 43.6 Å². The van der Waals surface area contributed by atoms with Crippen molar-refractivity contribution in [1.82, 2.24) is 14.5 Å². The number of benzene rings is 1. The molecule has 2 aromatic heterocycles.